The highest BCUT2D eigenvalue weighted by Gasteiger charge is 2.02. The SMILES string of the molecule is CCNC(=NCC(=O)Nc1ccccc1)NCCSC. The molecule has 0 fully saturated rings. The van der Waals surface area contributed by atoms with Crippen molar-refractivity contribution in [2.24, 2.45) is 4.99 Å². The van der Waals surface area contributed by atoms with Crippen molar-refractivity contribution < 1.29 is 4.79 Å². The topological polar surface area (TPSA) is 65.5 Å². The van der Waals surface area contributed by atoms with Crippen LogP contribution in [0.4, 0.5) is 5.69 Å². The summed E-state index contributed by atoms with van der Waals surface area (Å²) >= 11 is 1.76. The van der Waals surface area contributed by atoms with Crippen LogP contribution in [0.5, 0.6) is 0 Å². The summed E-state index contributed by atoms with van der Waals surface area (Å²) < 4.78 is 0. The number of carbonyl (C=O) groups excluding carboxylic acids is 1. The van der Waals surface area contributed by atoms with Crippen LogP contribution in [0.15, 0.2) is 35.3 Å². The van der Waals surface area contributed by atoms with Crippen LogP contribution in [-0.2, 0) is 4.79 Å². The summed E-state index contributed by atoms with van der Waals surface area (Å²) in [5, 5.41) is 9.09. The minimum absolute atomic E-state index is 0.101. The van der Waals surface area contributed by atoms with Gasteiger partial charge in [-0.25, -0.2) is 4.99 Å². The highest BCUT2D eigenvalue weighted by molar-refractivity contribution is 7.98. The van der Waals surface area contributed by atoms with Gasteiger partial charge in [0.2, 0.25) is 5.91 Å². The van der Waals surface area contributed by atoms with E-state index in [0.717, 1.165) is 24.5 Å². The van der Waals surface area contributed by atoms with E-state index in [0.29, 0.717) is 5.96 Å². The molecule has 0 heterocycles. The van der Waals surface area contributed by atoms with E-state index in [2.05, 4.69) is 27.2 Å². The molecule has 0 saturated carbocycles. The summed E-state index contributed by atoms with van der Waals surface area (Å²) in [7, 11) is 0. The fourth-order valence-electron chi connectivity index (χ4n) is 1.49. The Kier molecular flexibility index (Phi) is 8.30. The average molecular weight is 294 g/mol. The summed E-state index contributed by atoms with van der Waals surface area (Å²) in [6.45, 7) is 3.69. The van der Waals surface area contributed by atoms with Gasteiger partial charge in [-0.3, -0.25) is 4.79 Å². The first-order chi connectivity index (χ1) is 9.76. The molecular weight excluding hydrogens is 272 g/mol. The van der Waals surface area contributed by atoms with Crippen LogP contribution in [0.3, 0.4) is 0 Å². The van der Waals surface area contributed by atoms with Crippen molar-refractivity contribution in [2.45, 2.75) is 6.92 Å². The maximum Gasteiger partial charge on any atom is 0.246 e. The lowest BCUT2D eigenvalue weighted by Gasteiger charge is -2.10. The summed E-state index contributed by atoms with van der Waals surface area (Å²) in [5.74, 6) is 1.55. The zero-order chi connectivity index (χ0) is 14.6. The summed E-state index contributed by atoms with van der Waals surface area (Å²) in [6.07, 6.45) is 2.05. The molecule has 110 valence electrons. The summed E-state index contributed by atoms with van der Waals surface area (Å²) in [4.78, 5) is 16.0. The molecule has 1 rings (SSSR count). The Morgan fingerprint density at radius 1 is 1.25 bits per heavy atom. The van der Waals surface area contributed by atoms with Crippen molar-refractivity contribution in [2.75, 3.05) is 37.0 Å². The number of aliphatic imine (C=N–C) groups is 1. The van der Waals surface area contributed by atoms with Crippen molar-refractivity contribution in [1.82, 2.24) is 10.6 Å². The van der Waals surface area contributed by atoms with Crippen molar-refractivity contribution in [3.63, 3.8) is 0 Å². The molecule has 0 bridgehead atoms. The fraction of sp³-hybridized carbons (Fsp3) is 0.429. The van der Waals surface area contributed by atoms with Gasteiger partial charge in [0, 0.05) is 24.5 Å². The minimum Gasteiger partial charge on any atom is -0.357 e. The van der Waals surface area contributed by atoms with E-state index in [1.807, 2.05) is 37.3 Å². The monoisotopic (exact) mass is 294 g/mol. The van der Waals surface area contributed by atoms with Crippen LogP contribution < -0.4 is 16.0 Å². The van der Waals surface area contributed by atoms with Crippen LogP contribution in [0, 0.1) is 0 Å². The first kappa shape index (κ1) is 16.4. The standard InChI is InChI=1S/C14H22N4OS/c1-3-15-14(16-9-10-20-2)17-11-13(19)18-12-7-5-4-6-8-12/h4-8H,3,9-11H2,1-2H3,(H,18,19)(H2,15,16,17). The molecule has 0 aromatic heterocycles. The summed E-state index contributed by atoms with van der Waals surface area (Å²) in [6, 6.07) is 9.37. The maximum atomic E-state index is 11.8. The number of para-hydroxylation sites is 1. The van der Waals surface area contributed by atoms with Gasteiger partial charge in [-0.2, -0.15) is 11.8 Å². The third-order valence-corrected chi connectivity index (χ3v) is 2.99. The quantitative estimate of drug-likeness (QED) is 0.405. The molecule has 20 heavy (non-hydrogen) atoms. The lowest BCUT2D eigenvalue weighted by Crippen LogP contribution is -2.39. The Bertz CT molecular complexity index is 422. The Morgan fingerprint density at radius 2 is 2.00 bits per heavy atom. The highest BCUT2D eigenvalue weighted by Crippen LogP contribution is 2.04. The number of guanidine groups is 1. The fourth-order valence-corrected chi connectivity index (χ4v) is 1.79. The molecule has 0 aliphatic carbocycles. The molecule has 0 saturated heterocycles. The lowest BCUT2D eigenvalue weighted by atomic mass is 10.3. The van der Waals surface area contributed by atoms with Crippen molar-refractivity contribution in [3.8, 4) is 0 Å². The maximum absolute atomic E-state index is 11.8. The Labute approximate surface area is 124 Å². The molecule has 0 unspecified atom stereocenters. The molecule has 1 aromatic rings. The second kappa shape index (κ2) is 10.1. The van der Waals surface area contributed by atoms with E-state index >= 15 is 0 Å². The first-order valence-corrected chi connectivity index (χ1v) is 8.01. The predicted molar refractivity (Wildman–Crippen MR) is 87.4 cm³/mol. The molecular formula is C14H22N4OS. The van der Waals surface area contributed by atoms with E-state index in [1.165, 1.54) is 0 Å². The van der Waals surface area contributed by atoms with E-state index in [-0.39, 0.29) is 12.5 Å². The molecule has 0 radical (unpaired) electrons. The van der Waals surface area contributed by atoms with Crippen LogP contribution >= 0.6 is 11.8 Å². The number of thioether (sulfide) groups is 1. The van der Waals surface area contributed by atoms with Crippen LogP contribution in [0.25, 0.3) is 0 Å². The molecule has 1 amide bonds. The lowest BCUT2D eigenvalue weighted by molar-refractivity contribution is -0.114. The molecule has 0 spiro atoms. The van der Waals surface area contributed by atoms with Crippen molar-refractivity contribution in [3.05, 3.63) is 30.3 Å². The largest absolute Gasteiger partial charge is 0.357 e. The molecule has 5 nitrogen and oxygen atoms in total. The number of nitrogens with one attached hydrogen (secondary N) is 3. The average Bonchev–Trinajstić information content (AvgIpc) is 2.46. The normalized spacial score (nSPS) is 11.0. The molecule has 0 aliphatic rings. The number of carbonyl (C=O) groups is 1. The van der Waals surface area contributed by atoms with Crippen LogP contribution in [-0.4, -0.2) is 43.5 Å². The molecule has 3 N–H and O–H groups in total. The Morgan fingerprint density at radius 3 is 2.65 bits per heavy atom. The van der Waals surface area contributed by atoms with E-state index < -0.39 is 0 Å². The summed E-state index contributed by atoms with van der Waals surface area (Å²) in [5.41, 5.74) is 0.785. The number of hydrogen-bond donors (Lipinski definition) is 3. The number of rotatable bonds is 7. The zero-order valence-corrected chi connectivity index (χ0v) is 12.8. The second-order valence-corrected chi connectivity index (χ2v) is 5.01. The Balaban J connectivity index is 2.42. The smallest absolute Gasteiger partial charge is 0.246 e. The number of nitrogens with zero attached hydrogens (tertiary/aromatic N) is 1. The number of anilines is 1. The van der Waals surface area contributed by atoms with Gasteiger partial charge < -0.3 is 16.0 Å². The predicted octanol–water partition coefficient (Wildman–Crippen LogP) is 1.54. The molecule has 0 aliphatic heterocycles. The van der Waals surface area contributed by atoms with E-state index in [9.17, 15) is 4.79 Å². The third-order valence-electron chi connectivity index (χ3n) is 2.38. The van der Waals surface area contributed by atoms with Gasteiger partial charge >= 0.3 is 0 Å². The molecule has 1 aromatic carbocycles. The zero-order valence-electron chi connectivity index (χ0n) is 12.0. The van der Waals surface area contributed by atoms with Gasteiger partial charge in [0.15, 0.2) is 5.96 Å². The van der Waals surface area contributed by atoms with Crippen molar-refractivity contribution in [1.29, 1.82) is 0 Å². The Hall–Kier alpha value is -1.69. The second-order valence-electron chi connectivity index (χ2n) is 4.03. The van der Waals surface area contributed by atoms with E-state index in [1.54, 1.807) is 11.8 Å². The third kappa shape index (κ3) is 7.04. The van der Waals surface area contributed by atoms with Gasteiger partial charge in [0.25, 0.3) is 0 Å². The van der Waals surface area contributed by atoms with Gasteiger partial charge in [-0.15, -0.1) is 0 Å². The number of hydrogen-bond acceptors (Lipinski definition) is 3. The van der Waals surface area contributed by atoms with Crippen molar-refractivity contribution >= 4 is 29.3 Å². The van der Waals surface area contributed by atoms with Gasteiger partial charge in [-0.1, -0.05) is 18.2 Å². The van der Waals surface area contributed by atoms with Crippen LogP contribution in [0.1, 0.15) is 6.92 Å². The number of amides is 1. The van der Waals surface area contributed by atoms with Gasteiger partial charge in [0.05, 0.1) is 0 Å². The van der Waals surface area contributed by atoms with E-state index in [4.69, 9.17) is 0 Å². The van der Waals surface area contributed by atoms with Gasteiger partial charge in [0.1, 0.15) is 6.54 Å². The number of benzene rings is 1. The molecule has 6 heteroatoms. The highest BCUT2D eigenvalue weighted by atomic mass is 32.2. The van der Waals surface area contributed by atoms with Crippen LogP contribution in [0.2, 0.25) is 0 Å². The van der Waals surface area contributed by atoms with Gasteiger partial charge in [-0.05, 0) is 25.3 Å². The first-order valence-electron chi connectivity index (χ1n) is 6.62. The minimum atomic E-state index is -0.127. The molecule has 0 atom stereocenters.